The van der Waals surface area contributed by atoms with E-state index in [1.165, 1.54) is 234 Å². The van der Waals surface area contributed by atoms with Gasteiger partial charge in [0, 0.05) is 21.7 Å². The third-order valence-electron chi connectivity index (χ3n) is 31.2. The van der Waals surface area contributed by atoms with E-state index >= 15 is 0 Å². The largest absolute Gasteiger partial charge is 0.0713 e. The number of rotatable bonds is 8. The molecule has 0 spiro atoms. The van der Waals surface area contributed by atoms with Crippen LogP contribution in [0.4, 0.5) is 0 Å². The van der Waals surface area contributed by atoms with Gasteiger partial charge in [-0.25, -0.2) is 0 Å². The fourth-order valence-corrected chi connectivity index (χ4v) is 24.6. The topological polar surface area (TPSA) is 0 Å². The van der Waals surface area contributed by atoms with E-state index in [-0.39, 0.29) is 32.5 Å². The predicted octanol–water partition coefficient (Wildman–Crippen LogP) is 36.6. The van der Waals surface area contributed by atoms with Gasteiger partial charge in [0.15, 0.2) is 0 Å². The third-order valence-corrected chi connectivity index (χ3v) is 31.2. The maximum absolute atomic E-state index is 2.39. The molecule has 0 radical (unpaired) electrons. The average molecular weight is 1800 g/mol. The molecule has 6 aliphatic rings. The summed E-state index contributed by atoms with van der Waals surface area (Å²) in [6, 6.07) is 172. The first kappa shape index (κ1) is 90.8. The van der Waals surface area contributed by atoms with Gasteiger partial charge in [-0.05, 0) is 271 Å². The summed E-state index contributed by atoms with van der Waals surface area (Å²) >= 11 is 0. The van der Waals surface area contributed by atoms with Gasteiger partial charge in [0.25, 0.3) is 0 Å². The molecule has 0 N–H and O–H groups in total. The van der Waals surface area contributed by atoms with Crippen LogP contribution in [-0.4, -0.2) is 0 Å². The lowest BCUT2D eigenvalue weighted by molar-refractivity contribution is 0.656. The van der Waals surface area contributed by atoms with Crippen molar-refractivity contribution in [1.29, 1.82) is 0 Å². The number of aryl methyl sites for hydroxylation is 5. The van der Waals surface area contributed by atoms with E-state index in [0.717, 1.165) is 0 Å². The molecule has 0 aromatic heterocycles. The van der Waals surface area contributed by atoms with Gasteiger partial charge < -0.3 is 0 Å². The van der Waals surface area contributed by atoms with Crippen molar-refractivity contribution < 1.29 is 0 Å². The van der Waals surface area contributed by atoms with Gasteiger partial charge in [0.2, 0.25) is 0 Å². The van der Waals surface area contributed by atoms with E-state index < -0.39 is 0 Å². The fourth-order valence-electron chi connectivity index (χ4n) is 24.6. The van der Waals surface area contributed by atoms with E-state index in [0.29, 0.717) is 0 Å². The van der Waals surface area contributed by atoms with E-state index in [1.54, 1.807) is 0 Å². The van der Waals surface area contributed by atoms with Crippen molar-refractivity contribution in [2.45, 2.75) is 129 Å². The summed E-state index contributed by atoms with van der Waals surface area (Å²) in [4.78, 5) is 0. The molecule has 0 aliphatic heterocycles. The summed E-state index contributed by atoms with van der Waals surface area (Å²) < 4.78 is 0. The van der Waals surface area contributed by atoms with Crippen LogP contribution in [0.2, 0.25) is 0 Å². The van der Waals surface area contributed by atoms with Crippen molar-refractivity contribution in [3.8, 4) is 111 Å². The molecule has 680 valence electrons. The monoisotopic (exact) mass is 1800 g/mol. The molecular weight excluding hydrogens is 1680 g/mol. The van der Waals surface area contributed by atoms with Gasteiger partial charge in [-0.15, -0.1) is 0 Å². The quantitative estimate of drug-likeness (QED) is 0.142. The molecule has 0 amide bonds. The molecule has 0 atom stereocenters. The second-order valence-corrected chi connectivity index (χ2v) is 41.1. The molecule has 20 aromatic carbocycles. The zero-order valence-corrected chi connectivity index (χ0v) is 83.0. The van der Waals surface area contributed by atoms with E-state index in [9.17, 15) is 0 Å². The first-order valence-electron chi connectivity index (χ1n) is 49.9. The Kier molecular flexibility index (Phi) is 23.8. The Labute approximate surface area is 830 Å². The van der Waals surface area contributed by atoms with Crippen LogP contribution in [0.25, 0.3) is 111 Å². The summed E-state index contributed by atoms with van der Waals surface area (Å²) in [7, 11) is 0. The maximum Gasteiger partial charge on any atom is 0.0713 e. The second kappa shape index (κ2) is 36.7. The molecule has 0 bridgehead atoms. The minimum Gasteiger partial charge on any atom is -0.0622 e. The zero-order chi connectivity index (χ0) is 96.4. The Morgan fingerprint density at radius 2 is 0.443 bits per heavy atom. The molecule has 0 heterocycles. The van der Waals surface area contributed by atoms with Crippen LogP contribution in [0.3, 0.4) is 0 Å². The molecule has 20 aromatic rings. The minimum atomic E-state index is -0.263. The van der Waals surface area contributed by atoms with Crippen molar-refractivity contribution in [2.75, 3.05) is 0 Å². The predicted molar refractivity (Wildman–Crippen MR) is 594 cm³/mol. The minimum absolute atomic E-state index is 0.0709. The summed E-state index contributed by atoms with van der Waals surface area (Å²) in [5, 5.41) is 0. The highest BCUT2D eigenvalue weighted by atomic mass is 14.5. The lowest BCUT2D eigenvalue weighted by atomic mass is 9.67. The van der Waals surface area contributed by atoms with Crippen molar-refractivity contribution >= 4 is 0 Å². The molecular formula is C140H120. The molecule has 26 rings (SSSR count). The molecule has 0 unspecified atom stereocenters. The maximum atomic E-state index is 2.39. The van der Waals surface area contributed by atoms with E-state index in [1.807, 2.05) is 0 Å². The third kappa shape index (κ3) is 15.5. The zero-order valence-electron chi connectivity index (χ0n) is 83.0. The highest BCUT2D eigenvalue weighted by Crippen LogP contribution is 2.61. The van der Waals surface area contributed by atoms with Crippen LogP contribution in [0.15, 0.2) is 473 Å². The van der Waals surface area contributed by atoms with Gasteiger partial charge in [-0.3, -0.25) is 0 Å². The lowest BCUT2D eigenvalue weighted by Gasteiger charge is -2.34. The van der Waals surface area contributed by atoms with Crippen LogP contribution < -0.4 is 0 Å². The standard InChI is InChI=1S/2C26H20.4C22H20/c1-19-16-17-25-23(18-19)22-14-8-9-15-24(22)26(25,20-10-4-2-5-11-20)21-12-6-3-7-13-21;1-19-16-17-23-22-14-8-9-15-24(22)26(25(23)18-19,20-10-4-2-5-11-20)21-12-6-3-7-13-21;1-15-13-17(16-9-5-4-6-10-16)14-19-18-11-7-8-12-20(18)22(2,3)21(15)19;1-15-13-21-19(14-18(15)16-9-5-4-6-10-16)17-11-7-8-12-20(17)22(21,2)3;1-15-17(16-9-5-4-6-10-16)13-14-20-21(15)18-11-7-8-12-19(18)22(20,2)3;1-15-12-13-18-20(14-15)22(2,3)19-11-7-10-17(21(18)19)16-8-5-4-6-9-16/h2*2-18H,1H3;4*4-14H,1-3H3. The van der Waals surface area contributed by atoms with Gasteiger partial charge >= 0.3 is 0 Å². The van der Waals surface area contributed by atoms with Crippen LogP contribution in [-0.2, 0) is 32.5 Å². The SMILES string of the molecule is Cc1c(-c2ccccc2)ccc2c1-c1ccccc1C2(C)C.Cc1cc(-c2ccccc2)cc2c1C(C)(C)c1ccccc1-2.Cc1cc2c(cc1-c1ccccc1)-c1ccccc1C2(C)C.Cc1ccc2c(c1)-c1ccccc1C2(c1ccccc1)c1ccccc1.Cc1ccc2c(c1)C(C)(C)c1cccc(-c3ccccc3)c1-2.Cc1ccc2c(c1)C(c1ccccc1)(c1ccccc1)c1ccccc1-2. The molecule has 0 saturated heterocycles. The first-order valence-corrected chi connectivity index (χ1v) is 49.9. The van der Waals surface area contributed by atoms with Crippen molar-refractivity contribution in [3.63, 3.8) is 0 Å². The first-order chi connectivity index (χ1) is 68.0. The van der Waals surface area contributed by atoms with Gasteiger partial charge in [0.05, 0.1) is 10.8 Å². The highest BCUT2D eigenvalue weighted by molar-refractivity contribution is 5.95. The fraction of sp³-hybridized carbons (Fsp3) is 0.143. The summed E-state index contributed by atoms with van der Waals surface area (Å²) in [6.07, 6.45) is 0. The highest BCUT2D eigenvalue weighted by Gasteiger charge is 2.49. The van der Waals surface area contributed by atoms with Gasteiger partial charge in [-0.2, -0.15) is 0 Å². The number of hydrogen-bond donors (Lipinski definition) is 0. The van der Waals surface area contributed by atoms with Gasteiger partial charge in [-0.1, -0.05) is 533 Å². The van der Waals surface area contributed by atoms with Crippen molar-refractivity contribution in [2.24, 2.45) is 0 Å². The summed E-state index contributed by atoms with van der Waals surface area (Å²) in [5.74, 6) is 0. The lowest BCUT2D eigenvalue weighted by Crippen LogP contribution is -2.28. The smallest absolute Gasteiger partial charge is 0.0622 e. The number of benzene rings is 20. The Morgan fingerprint density at radius 1 is 0.143 bits per heavy atom. The second-order valence-electron chi connectivity index (χ2n) is 41.1. The normalized spacial score (nSPS) is 14.3. The molecule has 0 heteroatoms. The van der Waals surface area contributed by atoms with E-state index in [2.05, 4.69) is 570 Å². The molecule has 140 heavy (non-hydrogen) atoms. The molecule has 0 nitrogen and oxygen atoms in total. The van der Waals surface area contributed by atoms with Crippen LogP contribution >= 0.6 is 0 Å². The molecule has 0 saturated carbocycles. The van der Waals surface area contributed by atoms with E-state index in [4.69, 9.17) is 0 Å². The molecule has 6 aliphatic carbocycles. The average Bonchev–Trinajstić information content (AvgIpc) is 1.54. The van der Waals surface area contributed by atoms with Crippen LogP contribution in [0, 0.1) is 41.5 Å². The molecule has 0 fully saturated rings. The Balaban J connectivity index is 0.0000000999. The number of hydrogen-bond acceptors (Lipinski definition) is 0. The van der Waals surface area contributed by atoms with Crippen molar-refractivity contribution in [1.82, 2.24) is 0 Å². The number of fused-ring (bicyclic) bond motifs is 18. The van der Waals surface area contributed by atoms with Crippen molar-refractivity contribution in [3.05, 3.63) is 596 Å². The Hall–Kier alpha value is -15.6. The van der Waals surface area contributed by atoms with Crippen LogP contribution in [0.5, 0.6) is 0 Å². The summed E-state index contributed by atoms with van der Waals surface area (Å²) in [6.45, 7) is 32.0. The Bertz CT molecular complexity index is 7910. The summed E-state index contributed by atoms with van der Waals surface area (Å²) in [5.41, 5.74) is 57.4. The Morgan fingerprint density at radius 3 is 0.957 bits per heavy atom. The van der Waals surface area contributed by atoms with Crippen LogP contribution in [0.1, 0.15) is 178 Å². The van der Waals surface area contributed by atoms with Gasteiger partial charge in [0.1, 0.15) is 0 Å².